The van der Waals surface area contributed by atoms with Gasteiger partial charge < -0.3 is 5.73 Å². The summed E-state index contributed by atoms with van der Waals surface area (Å²) in [5.41, 5.74) is 9.76. The van der Waals surface area contributed by atoms with Gasteiger partial charge in [-0.25, -0.2) is 0 Å². The fourth-order valence-corrected chi connectivity index (χ4v) is 2.77. The van der Waals surface area contributed by atoms with E-state index in [0.29, 0.717) is 0 Å². The van der Waals surface area contributed by atoms with Gasteiger partial charge in [0.1, 0.15) is 0 Å². The van der Waals surface area contributed by atoms with Crippen LogP contribution in [-0.4, -0.2) is 0 Å². The number of anilines is 1. The van der Waals surface area contributed by atoms with Crippen molar-refractivity contribution in [3.8, 4) is 0 Å². The molecule has 1 rings (SSSR count). The zero-order valence-electron chi connectivity index (χ0n) is 11.1. The van der Waals surface area contributed by atoms with E-state index in [2.05, 4.69) is 69.6 Å². The first-order valence-electron chi connectivity index (χ1n) is 5.64. The fourth-order valence-electron chi connectivity index (χ4n) is 1.83. The summed E-state index contributed by atoms with van der Waals surface area (Å²) in [7, 11) is 0. The van der Waals surface area contributed by atoms with Gasteiger partial charge in [-0.05, 0) is 37.9 Å². The Morgan fingerprint density at radius 1 is 0.875 bits per heavy atom. The minimum absolute atomic E-state index is 0.0863. The minimum Gasteiger partial charge on any atom is -0.398 e. The van der Waals surface area contributed by atoms with E-state index in [4.69, 9.17) is 5.73 Å². The van der Waals surface area contributed by atoms with Crippen molar-refractivity contribution < 1.29 is 0 Å². The molecule has 0 spiro atoms. The molecule has 0 aliphatic carbocycles. The number of nitrogens with two attached hydrogens (primary N) is 1. The second-order valence-corrected chi connectivity index (χ2v) is 7.18. The first kappa shape index (κ1) is 13.6. The van der Waals surface area contributed by atoms with Crippen LogP contribution in [0.1, 0.15) is 52.7 Å². The molecule has 0 amide bonds. The summed E-state index contributed by atoms with van der Waals surface area (Å²) < 4.78 is 1.05. The molecule has 1 aromatic carbocycles. The maximum atomic E-state index is 6.22. The lowest BCUT2D eigenvalue weighted by molar-refractivity contribution is 0.576. The van der Waals surface area contributed by atoms with Gasteiger partial charge in [0, 0.05) is 10.2 Å². The van der Waals surface area contributed by atoms with Crippen LogP contribution in [0.25, 0.3) is 0 Å². The molecule has 16 heavy (non-hydrogen) atoms. The molecule has 90 valence electrons. The van der Waals surface area contributed by atoms with Crippen LogP contribution in [0, 0.1) is 0 Å². The lowest BCUT2D eigenvalue weighted by Gasteiger charge is -2.27. The topological polar surface area (TPSA) is 26.0 Å². The molecule has 0 atom stereocenters. The number of halogens is 1. The molecule has 1 aromatic rings. The Bertz CT molecular complexity index is 355. The van der Waals surface area contributed by atoms with E-state index in [1.807, 2.05) is 0 Å². The van der Waals surface area contributed by atoms with Crippen molar-refractivity contribution in [2.45, 2.75) is 52.4 Å². The molecule has 1 nitrogen and oxygen atoms in total. The Hall–Kier alpha value is -0.500. The average Bonchev–Trinajstić information content (AvgIpc) is 2.05. The molecular formula is C14H22BrN. The van der Waals surface area contributed by atoms with Crippen LogP contribution in [0.4, 0.5) is 5.69 Å². The maximum Gasteiger partial charge on any atom is 0.0499 e. The molecule has 0 saturated carbocycles. The standard InChI is InChI=1S/C14H22BrN/c1-13(2,3)9-7-8-10(14(4,5)6)12(16)11(9)15/h7-8H,16H2,1-6H3. The molecule has 0 aromatic heterocycles. The number of benzene rings is 1. The maximum absolute atomic E-state index is 6.22. The van der Waals surface area contributed by atoms with Crippen molar-refractivity contribution in [1.82, 2.24) is 0 Å². The summed E-state index contributed by atoms with van der Waals surface area (Å²) in [4.78, 5) is 0. The highest BCUT2D eigenvalue weighted by atomic mass is 79.9. The fraction of sp³-hybridized carbons (Fsp3) is 0.571. The highest BCUT2D eigenvalue weighted by Gasteiger charge is 2.23. The molecule has 0 bridgehead atoms. The summed E-state index contributed by atoms with van der Waals surface area (Å²) >= 11 is 3.63. The van der Waals surface area contributed by atoms with Gasteiger partial charge in [0.05, 0.1) is 0 Å². The summed E-state index contributed by atoms with van der Waals surface area (Å²) in [6.45, 7) is 13.1. The second-order valence-electron chi connectivity index (χ2n) is 6.39. The van der Waals surface area contributed by atoms with Crippen molar-refractivity contribution in [3.05, 3.63) is 27.7 Å². The van der Waals surface area contributed by atoms with Gasteiger partial charge in [-0.1, -0.05) is 53.7 Å². The van der Waals surface area contributed by atoms with Gasteiger partial charge >= 0.3 is 0 Å². The molecule has 0 radical (unpaired) electrons. The number of rotatable bonds is 0. The van der Waals surface area contributed by atoms with E-state index in [0.717, 1.165) is 10.2 Å². The smallest absolute Gasteiger partial charge is 0.0499 e. The third kappa shape index (κ3) is 2.60. The zero-order chi connectivity index (χ0) is 12.7. The van der Waals surface area contributed by atoms with Crippen LogP contribution in [-0.2, 0) is 10.8 Å². The summed E-state index contributed by atoms with van der Waals surface area (Å²) in [6.07, 6.45) is 0. The average molecular weight is 284 g/mol. The van der Waals surface area contributed by atoms with Gasteiger partial charge in [-0.15, -0.1) is 0 Å². The van der Waals surface area contributed by atoms with E-state index < -0.39 is 0 Å². The van der Waals surface area contributed by atoms with Crippen molar-refractivity contribution in [2.24, 2.45) is 0 Å². The van der Waals surface area contributed by atoms with Crippen molar-refractivity contribution in [2.75, 3.05) is 5.73 Å². The molecule has 0 heterocycles. The summed E-state index contributed by atoms with van der Waals surface area (Å²) in [6, 6.07) is 4.34. The zero-order valence-corrected chi connectivity index (χ0v) is 12.7. The van der Waals surface area contributed by atoms with Crippen LogP contribution < -0.4 is 5.73 Å². The normalized spacial score (nSPS) is 12.9. The third-order valence-corrected chi connectivity index (χ3v) is 3.65. The van der Waals surface area contributed by atoms with Crippen LogP contribution in [0.2, 0.25) is 0 Å². The predicted molar refractivity (Wildman–Crippen MR) is 76.0 cm³/mol. The molecule has 2 heteroatoms. The third-order valence-electron chi connectivity index (χ3n) is 2.80. The largest absolute Gasteiger partial charge is 0.398 e. The van der Waals surface area contributed by atoms with E-state index in [-0.39, 0.29) is 10.8 Å². The van der Waals surface area contributed by atoms with Crippen LogP contribution in [0.3, 0.4) is 0 Å². The lowest BCUT2D eigenvalue weighted by Crippen LogP contribution is -2.18. The summed E-state index contributed by atoms with van der Waals surface area (Å²) in [5.74, 6) is 0. The summed E-state index contributed by atoms with van der Waals surface area (Å²) in [5, 5.41) is 0. The second kappa shape index (κ2) is 4.06. The van der Waals surface area contributed by atoms with Gasteiger partial charge in [0.25, 0.3) is 0 Å². The van der Waals surface area contributed by atoms with Crippen LogP contribution in [0.15, 0.2) is 16.6 Å². The van der Waals surface area contributed by atoms with E-state index in [9.17, 15) is 0 Å². The van der Waals surface area contributed by atoms with Crippen LogP contribution >= 0.6 is 15.9 Å². The predicted octanol–water partition coefficient (Wildman–Crippen LogP) is 4.63. The molecular weight excluding hydrogens is 262 g/mol. The quantitative estimate of drug-likeness (QED) is 0.691. The lowest BCUT2D eigenvalue weighted by atomic mass is 9.81. The Morgan fingerprint density at radius 2 is 1.25 bits per heavy atom. The molecule has 0 fully saturated rings. The highest BCUT2D eigenvalue weighted by molar-refractivity contribution is 9.10. The van der Waals surface area contributed by atoms with E-state index in [1.165, 1.54) is 11.1 Å². The Balaban J connectivity index is 3.41. The Morgan fingerprint density at radius 3 is 1.62 bits per heavy atom. The van der Waals surface area contributed by atoms with E-state index >= 15 is 0 Å². The Kier molecular flexibility index (Phi) is 3.45. The first-order chi connectivity index (χ1) is 7.05. The monoisotopic (exact) mass is 283 g/mol. The molecule has 0 aliphatic heterocycles. The van der Waals surface area contributed by atoms with Crippen molar-refractivity contribution >= 4 is 21.6 Å². The number of hydrogen-bond donors (Lipinski definition) is 1. The minimum atomic E-state index is 0.0863. The van der Waals surface area contributed by atoms with Gasteiger partial charge in [0.15, 0.2) is 0 Å². The van der Waals surface area contributed by atoms with Crippen molar-refractivity contribution in [1.29, 1.82) is 0 Å². The van der Waals surface area contributed by atoms with Gasteiger partial charge in [-0.2, -0.15) is 0 Å². The van der Waals surface area contributed by atoms with Gasteiger partial charge in [-0.3, -0.25) is 0 Å². The molecule has 0 saturated heterocycles. The molecule has 0 unspecified atom stereocenters. The number of hydrogen-bond acceptors (Lipinski definition) is 1. The van der Waals surface area contributed by atoms with Crippen LogP contribution in [0.5, 0.6) is 0 Å². The van der Waals surface area contributed by atoms with E-state index in [1.54, 1.807) is 0 Å². The van der Waals surface area contributed by atoms with Crippen molar-refractivity contribution in [3.63, 3.8) is 0 Å². The highest BCUT2D eigenvalue weighted by Crippen LogP contribution is 2.39. The Labute approximate surface area is 108 Å². The molecule has 0 aliphatic rings. The molecule has 2 N–H and O–H groups in total. The SMILES string of the molecule is CC(C)(C)c1ccc(C(C)(C)C)c(Br)c1N. The number of nitrogen functional groups attached to an aromatic ring is 1. The van der Waals surface area contributed by atoms with Gasteiger partial charge in [0.2, 0.25) is 0 Å². The first-order valence-corrected chi connectivity index (χ1v) is 6.43.